The summed E-state index contributed by atoms with van der Waals surface area (Å²) < 4.78 is 5.19. The number of rotatable bonds is 2. The number of hydrogen-bond acceptors (Lipinski definition) is 3. The molecule has 4 heteroatoms. The SMILES string of the molecule is Cc1occc1C(=O)N1CCCC(C)C1CN. The number of nitrogens with zero attached hydrogens (tertiary/aromatic N) is 1. The van der Waals surface area contributed by atoms with Gasteiger partial charge in [0.1, 0.15) is 5.76 Å². The molecule has 1 amide bonds. The maximum absolute atomic E-state index is 12.4. The van der Waals surface area contributed by atoms with Crippen LogP contribution in [-0.4, -0.2) is 29.9 Å². The molecule has 0 radical (unpaired) electrons. The van der Waals surface area contributed by atoms with Gasteiger partial charge in [-0.3, -0.25) is 4.79 Å². The van der Waals surface area contributed by atoms with Crippen LogP contribution in [0.3, 0.4) is 0 Å². The van der Waals surface area contributed by atoms with Crippen molar-refractivity contribution in [2.75, 3.05) is 13.1 Å². The van der Waals surface area contributed by atoms with E-state index in [1.54, 1.807) is 12.3 Å². The molecule has 17 heavy (non-hydrogen) atoms. The Labute approximate surface area is 102 Å². The summed E-state index contributed by atoms with van der Waals surface area (Å²) in [6.07, 6.45) is 3.77. The van der Waals surface area contributed by atoms with Crippen molar-refractivity contribution in [3.8, 4) is 0 Å². The predicted molar refractivity (Wildman–Crippen MR) is 65.7 cm³/mol. The van der Waals surface area contributed by atoms with Crippen LogP contribution < -0.4 is 5.73 Å². The molecule has 1 saturated heterocycles. The molecule has 2 atom stereocenters. The van der Waals surface area contributed by atoms with Crippen molar-refractivity contribution in [1.29, 1.82) is 0 Å². The van der Waals surface area contributed by atoms with Crippen LogP contribution >= 0.6 is 0 Å². The van der Waals surface area contributed by atoms with Gasteiger partial charge in [-0.15, -0.1) is 0 Å². The van der Waals surface area contributed by atoms with Gasteiger partial charge in [0.25, 0.3) is 5.91 Å². The average molecular weight is 236 g/mol. The number of nitrogens with two attached hydrogens (primary N) is 1. The third-order valence-corrected chi connectivity index (χ3v) is 3.71. The molecule has 0 aromatic carbocycles. The van der Waals surface area contributed by atoms with Crippen molar-refractivity contribution >= 4 is 5.91 Å². The third-order valence-electron chi connectivity index (χ3n) is 3.71. The van der Waals surface area contributed by atoms with Crippen LogP contribution in [0, 0.1) is 12.8 Å². The number of amides is 1. The number of furan rings is 1. The van der Waals surface area contributed by atoms with E-state index in [4.69, 9.17) is 10.2 Å². The van der Waals surface area contributed by atoms with E-state index in [1.165, 1.54) is 0 Å². The molecular formula is C13H20N2O2. The van der Waals surface area contributed by atoms with Crippen LogP contribution in [0.15, 0.2) is 16.7 Å². The van der Waals surface area contributed by atoms with Crippen molar-refractivity contribution in [1.82, 2.24) is 4.90 Å². The van der Waals surface area contributed by atoms with E-state index in [1.807, 2.05) is 11.8 Å². The molecule has 1 aromatic heterocycles. The highest BCUT2D eigenvalue weighted by atomic mass is 16.3. The lowest BCUT2D eigenvalue weighted by molar-refractivity contribution is 0.0531. The summed E-state index contributed by atoms with van der Waals surface area (Å²) in [5, 5.41) is 0. The van der Waals surface area contributed by atoms with E-state index in [0.29, 0.717) is 23.8 Å². The minimum atomic E-state index is 0.0539. The Kier molecular flexibility index (Phi) is 3.52. The minimum absolute atomic E-state index is 0.0539. The Morgan fingerprint density at radius 2 is 2.41 bits per heavy atom. The summed E-state index contributed by atoms with van der Waals surface area (Å²) >= 11 is 0. The van der Waals surface area contributed by atoms with Gasteiger partial charge in [-0.1, -0.05) is 6.92 Å². The molecule has 0 aliphatic carbocycles. The van der Waals surface area contributed by atoms with Crippen LogP contribution in [0.2, 0.25) is 0 Å². The third kappa shape index (κ3) is 2.22. The van der Waals surface area contributed by atoms with E-state index in [2.05, 4.69) is 6.92 Å². The first-order chi connectivity index (χ1) is 8.15. The van der Waals surface area contributed by atoms with Crippen LogP contribution in [0.4, 0.5) is 0 Å². The summed E-state index contributed by atoms with van der Waals surface area (Å²) in [4.78, 5) is 14.3. The van der Waals surface area contributed by atoms with Gasteiger partial charge in [-0.05, 0) is 31.7 Å². The molecule has 0 spiro atoms. The highest BCUT2D eigenvalue weighted by molar-refractivity contribution is 5.95. The minimum Gasteiger partial charge on any atom is -0.469 e. The van der Waals surface area contributed by atoms with Crippen molar-refractivity contribution < 1.29 is 9.21 Å². The zero-order valence-electron chi connectivity index (χ0n) is 10.5. The lowest BCUT2D eigenvalue weighted by atomic mass is 9.90. The standard InChI is InChI=1S/C13H20N2O2/c1-9-4-3-6-15(12(9)8-14)13(16)11-5-7-17-10(11)2/h5,7,9,12H,3-4,6,8,14H2,1-2H3. The lowest BCUT2D eigenvalue weighted by Gasteiger charge is -2.39. The summed E-state index contributed by atoms with van der Waals surface area (Å²) in [6, 6.07) is 1.90. The second-order valence-corrected chi connectivity index (χ2v) is 4.81. The Morgan fingerprint density at radius 3 is 3.00 bits per heavy atom. The van der Waals surface area contributed by atoms with Gasteiger partial charge in [-0.25, -0.2) is 0 Å². The molecular weight excluding hydrogens is 216 g/mol. The summed E-state index contributed by atoms with van der Waals surface area (Å²) in [5.74, 6) is 1.21. The van der Waals surface area contributed by atoms with Crippen molar-refractivity contribution in [3.63, 3.8) is 0 Å². The number of carbonyl (C=O) groups is 1. The molecule has 0 saturated carbocycles. The van der Waals surface area contributed by atoms with Crippen LogP contribution in [0.25, 0.3) is 0 Å². The fraction of sp³-hybridized carbons (Fsp3) is 0.615. The Hall–Kier alpha value is -1.29. The van der Waals surface area contributed by atoms with Crippen LogP contribution in [-0.2, 0) is 0 Å². The molecule has 1 fully saturated rings. The van der Waals surface area contributed by atoms with Crippen LogP contribution in [0.5, 0.6) is 0 Å². The van der Waals surface area contributed by atoms with Crippen molar-refractivity contribution in [2.24, 2.45) is 11.7 Å². The summed E-state index contributed by atoms with van der Waals surface area (Å²) in [5.41, 5.74) is 6.46. The fourth-order valence-corrected chi connectivity index (χ4v) is 2.62. The molecule has 94 valence electrons. The van der Waals surface area contributed by atoms with Crippen molar-refractivity contribution in [2.45, 2.75) is 32.7 Å². The quantitative estimate of drug-likeness (QED) is 0.851. The predicted octanol–water partition coefficient (Wildman–Crippen LogP) is 1.79. The normalized spacial score (nSPS) is 25.0. The topological polar surface area (TPSA) is 59.5 Å². The van der Waals surface area contributed by atoms with E-state index in [9.17, 15) is 4.79 Å². The van der Waals surface area contributed by atoms with E-state index in [0.717, 1.165) is 19.4 Å². The van der Waals surface area contributed by atoms with Gasteiger partial charge in [0, 0.05) is 19.1 Å². The zero-order chi connectivity index (χ0) is 12.4. The molecule has 2 heterocycles. The van der Waals surface area contributed by atoms with Gasteiger partial charge in [0.2, 0.25) is 0 Å². The molecule has 1 aliphatic rings. The molecule has 1 aliphatic heterocycles. The molecule has 4 nitrogen and oxygen atoms in total. The molecule has 2 N–H and O–H groups in total. The monoisotopic (exact) mass is 236 g/mol. The summed E-state index contributed by atoms with van der Waals surface area (Å²) in [7, 11) is 0. The summed E-state index contributed by atoms with van der Waals surface area (Å²) in [6.45, 7) is 5.32. The Balaban J connectivity index is 2.21. The number of carbonyl (C=O) groups excluding carboxylic acids is 1. The molecule has 2 rings (SSSR count). The second-order valence-electron chi connectivity index (χ2n) is 4.81. The van der Waals surface area contributed by atoms with Crippen molar-refractivity contribution in [3.05, 3.63) is 23.7 Å². The molecule has 1 aromatic rings. The Morgan fingerprint density at radius 1 is 1.65 bits per heavy atom. The van der Waals surface area contributed by atoms with Gasteiger partial charge in [0.15, 0.2) is 0 Å². The van der Waals surface area contributed by atoms with Gasteiger partial charge in [-0.2, -0.15) is 0 Å². The van der Waals surface area contributed by atoms with Crippen LogP contribution in [0.1, 0.15) is 35.9 Å². The lowest BCUT2D eigenvalue weighted by Crippen LogP contribution is -2.51. The Bertz CT molecular complexity index is 400. The second kappa shape index (κ2) is 4.92. The maximum Gasteiger partial charge on any atom is 0.257 e. The van der Waals surface area contributed by atoms with E-state index >= 15 is 0 Å². The smallest absolute Gasteiger partial charge is 0.257 e. The highest BCUT2D eigenvalue weighted by Gasteiger charge is 2.32. The maximum atomic E-state index is 12.4. The van der Waals surface area contributed by atoms with Gasteiger partial charge >= 0.3 is 0 Å². The molecule has 0 bridgehead atoms. The highest BCUT2D eigenvalue weighted by Crippen LogP contribution is 2.25. The number of aryl methyl sites for hydroxylation is 1. The number of hydrogen-bond donors (Lipinski definition) is 1. The van der Waals surface area contributed by atoms with Gasteiger partial charge in [0.05, 0.1) is 11.8 Å². The van der Waals surface area contributed by atoms with Gasteiger partial charge < -0.3 is 15.1 Å². The zero-order valence-corrected chi connectivity index (χ0v) is 10.5. The van der Waals surface area contributed by atoms with E-state index in [-0.39, 0.29) is 11.9 Å². The molecule has 2 unspecified atom stereocenters. The average Bonchev–Trinajstić information content (AvgIpc) is 2.74. The first-order valence-electron chi connectivity index (χ1n) is 6.20. The fourth-order valence-electron chi connectivity index (χ4n) is 2.62. The first kappa shape index (κ1) is 12.2. The van der Waals surface area contributed by atoms with E-state index < -0.39 is 0 Å². The first-order valence-corrected chi connectivity index (χ1v) is 6.20. The largest absolute Gasteiger partial charge is 0.469 e. The number of piperidine rings is 1. The number of likely N-dealkylation sites (tertiary alicyclic amines) is 1.